The number of hydrogen-bond acceptors (Lipinski definition) is 3. The van der Waals surface area contributed by atoms with Gasteiger partial charge in [0, 0.05) is 6.20 Å². The third-order valence-electron chi connectivity index (χ3n) is 2.58. The van der Waals surface area contributed by atoms with Crippen molar-refractivity contribution in [1.29, 1.82) is 0 Å². The Labute approximate surface area is 99.5 Å². The number of nitrogens with zero attached hydrogens (tertiary/aromatic N) is 2. The van der Waals surface area contributed by atoms with Crippen LogP contribution in [0.5, 0.6) is 0 Å². The molecule has 1 aromatic heterocycles. The predicted molar refractivity (Wildman–Crippen MR) is 63.8 cm³/mol. The van der Waals surface area contributed by atoms with Crippen molar-refractivity contribution in [3.8, 4) is 0 Å². The largest absolute Gasteiger partial charge is 0.322 e. The first-order chi connectivity index (χ1) is 8.16. The monoisotopic (exact) mass is 231 g/mol. The molecule has 0 saturated heterocycles. The number of nitrogens with two attached hydrogens (primary N) is 1. The second kappa shape index (κ2) is 5.01. The van der Waals surface area contributed by atoms with E-state index in [0.717, 1.165) is 5.69 Å². The molecule has 0 radical (unpaired) electrons. The van der Waals surface area contributed by atoms with E-state index in [0.29, 0.717) is 17.8 Å². The van der Waals surface area contributed by atoms with Gasteiger partial charge in [0.1, 0.15) is 11.6 Å². The number of benzene rings is 1. The van der Waals surface area contributed by atoms with Crippen molar-refractivity contribution in [3.63, 3.8) is 0 Å². The molecular formula is C13H14FN3. The molecule has 0 aliphatic heterocycles. The first kappa shape index (κ1) is 11.7. The molecule has 1 aromatic carbocycles. The Hall–Kier alpha value is -1.81. The number of aromatic nitrogens is 2. The van der Waals surface area contributed by atoms with Crippen LogP contribution in [-0.2, 0) is 6.42 Å². The normalized spacial score (nSPS) is 12.4. The molecule has 0 saturated carbocycles. The van der Waals surface area contributed by atoms with Crippen LogP contribution in [0, 0.1) is 12.7 Å². The lowest BCUT2D eigenvalue weighted by Crippen LogP contribution is -2.16. The third-order valence-corrected chi connectivity index (χ3v) is 2.58. The van der Waals surface area contributed by atoms with Gasteiger partial charge in [-0.25, -0.2) is 14.4 Å². The minimum atomic E-state index is -0.311. The maximum absolute atomic E-state index is 13.5. The van der Waals surface area contributed by atoms with Gasteiger partial charge >= 0.3 is 0 Å². The minimum absolute atomic E-state index is 0.228. The molecule has 2 N–H and O–H groups in total. The van der Waals surface area contributed by atoms with Crippen molar-refractivity contribution >= 4 is 0 Å². The fourth-order valence-electron chi connectivity index (χ4n) is 1.69. The quantitative estimate of drug-likeness (QED) is 0.880. The highest BCUT2D eigenvalue weighted by Crippen LogP contribution is 2.16. The average Bonchev–Trinajstić information content (AvgIpc) is 2.32. The lowest BCUT2D eigenvalue weighted by Gasteiger charge is -2.11. The molecule has 1 heterocycles. The van der Waals surface area contributed by atoms with Crippen LogP contribution in [0.15, 0.2) is 36.5 Å². The van der Waals surface area contributed by atoms with Crippen molar-refractivity contribution in [1.82, 2.24) is 9.97 Å². The Bertz CT molecular complexity index is 514. The zero-order valence-corrected chi connectivity index (χ0v) is 9.60. The Morgan fingerprint density at radius 1 is 1.29 bits per heavy atom. The molecule has 0 bridgehead atoms. The fraction of sp³-hybridized carbons (Fsp3) is 0.231. The topological polar surface area (TPSA) is 51.8 Å². The first-order valence-electron chi connectivity index (χ1n) is 5.45. The highest BCUT2D eigenvalue weighted by atomic mass is 19.1. The van der Waals surface area contributed by atoms with Gasteiger partial charge in [-0.15, -0.1) is 0 Å². The molecule has 2 rings (SSSR count). The molecule has 3 nitrogen and oxygen atoms in total. The van der Waals surface area contributed by atoms with Crippen molar-refractivity contribution in [2.24, 2.45) is 5.73 Å². The average molecular weight is 231 g/mol. The Morgan fingerprint density at radius 3 is 2.76 bits per heavy atom. The third kappa shape index (κ3) is 2.85. The SMILES string of the molecule is Cc1nccc(C(N)Cc2ccccc2F)n1. The van der Waals surface area contributed by atoms with E-state index < -0.39 is 0 Å². The number of halogens is 1. The highest BCUT2D eigenvalue weighted by molar-refractivity contribution is 5.20. The summed E-state index contributed by atoms with van der Waals surface area (Å²) in [5.41, 5.74) is 7.35. The van der Waals surface area contributed by atoms with E-state index in [1.165, 1.54) is 6.07 Å². The van der Waals surface area contributed by atoms with Gasteiger partial charge in [0.2, 0.25) is 0 Å². The van der Waals surface area contributed by atoms with Gasteiger partial charge in [-0.2, -0.15) is 0 Å². The maximum Gasteiger partial charge on any atom is 0.126 e. The summed E-state index contributed by atoms with van der Waals surface area (Å²) in [6.45, 7) is 1.80. The first-order valence-corrected chi connectivity index (χ1v) is 5.45. The molecule has 1 unspecified atom stereocenters. The zero-order valence-electron chi connectivity index (χ0n) is 9.60. The van der Waals surface area contributed by atoms with Gasteiger partial charge in [-0.3, -0.25) is 0 Å². The summed E-state index contributed by atoms with van der Waals surface area (Å²) in [5.74, 6) is 0.445. The van der Waals surface area contributed by atoms with E-state index >= 15 is 0 Å². The molecule has 0 spiro atoms. The molecule has 0 fully saturated rings. The summed E-state index contributed by atoms with van der Waals surface area (Å²) in [5, 5.41) is 0. The summed E-state index contributed by atoms with van der Waals surface area (Å²) in [7, 11) is 0. The van der Waals surface area contributed by atoms with Crippen LogP contribution in [0.1, 0.15) is 23.1 Å². The van der Waals surface area contributed by atoms with E-state index in [2.05, 4.69) is 9.97 Å². The predicted octanol–water partition coefficient (Wildman–Crippen LogP) is 2.17. The Balaban J connectivity index is 2.17. The lowest BCUT2D eigenvalue weighted by molar-refractivity contribution is 0.589. The summed E-state index contributed by atoms with van der Waals surface area (Å²) < 4.78 is 13.5. The highest BCUT2D eigenvalue weighted by Gasteiger charge is 2.11. The smallest absolute Gasteiger partial charge is 0.126 e. The van der Waals surface area contributed by atoms with E-state index in [1.807, 2.05) is 0 Å². The molecule has 0 amide bonds. The second-order valence-corrected chi connectivity index (χ2v) is 3.93. The second-order valence-electron chi connectivity index (χ2n) is 3.93. The van der Waals surface area contributed by atoms with Crippen molar-refractivity contribution < 1.29 is 4.39 Å². The van der Waals surface area contributed by atoms with Gasteiger partial charge in [0.25, 0.3) is 0 Å². The Kier molecular flexibility index (Phi) is 3.44. The number of rotatable bonds is 3. The molecule has 17 heavy (non-hydrogen) atoms. The Morgan fingerprint density at radius 2 is 2.06 bits per heavy atom. The number of hydrogen-bond donors (Lipinski definition) is 1. The van der Waals surface area contributed by atoms with Crippen LogP contribution in [0.4, 0.5) is 4.39 Å². The van der Waals surface area contributed by atoms with Crippen LogP contribution < -0.4 is 5.73 Å². The minimum Gasteiger partial charge on any atom is -0.322 e. The van der Waals surface area contributed by atoms with E-state index in [4.69, 9.17) is 5.73 Å². The summed E-state index contributed by atoms with van der Waals surface area (Å²) in [6, 6.07) is 8.10. The summed E-state index contributed by atoms with van der Waals surface area (Å²) in [4.78, 5) is 8.25. The van der Waals surface area contributed by atoms with Crippen molar-refractivity contribution in [2.45, 2.75) is 19.4 Å². The van der Waals surface area contributed by atoms with E-state index in [1.54, 1.807) is 37.4 Å². The van der Waals surface area contributed by atoms with Gasteiger partial charge in [-0.1, -0.05) is 18.2 Å². The van der Waals surface area contributed by atoms with E-state index in [-0.39, 0.29) is 11.9 Å². The maximum atomic E-state index is 13.5. The van der Waals surface area contributed by atoms with Gasteiger partial charge in [0.05, 0.1) is 11.7 Å². The van der Waals surface area contributed by atoms with Crippen molar-refractivity contribution in [2.75, 3.05) is 0 Å². The van der Waals surface area contributed by atoms with Crippen LogP contribution >= 0.6 is 0 Å². The summed E-state index contributed by atoms with van der Waals surface area (Å²) >= 11 is 0. The van der Waals surface area contributed by atoms with Crippen LogP contribution in [0.25, 0.3) is 0 Å². The van der Waals surface area contributed by atoms with Gasteiger partial charge in [0.15, 0.2) is 0 Å². The van der Waals surface area contributed by atoms with Crippen LogP contribution in [0.2, 0.25) is 0 Å². The molecule has 2 aromatic rings. The number of aryl methyl sites for hydroxylation is 1. The zero-order chi connectivity index (χ0) is 12.3. The molecule has 0 aliphatic carbocycles. The molecule has 88 valence electrons. The molecular weight excluding hydrogens is 217 g/mol. The van der Waals surface area contributed by atoms with E-state index in [9.17, 15) is 4.39 Å². The van der Waals surface area contributed by atoms with Crippen molar-refractivity contribution in [3.05, 3.63) is 59.4 Å². The molecule has 4 heteroatoms. The lowest BCUT2D eigenvalue weighted by atomic mass is 10.0. The summed E-state index contributed by atoms with van der Waals surface area (Å²) in [6.07, 6.45) is 2.10. The van der Waals surface area contributed by atoms with Crippen LogP contribution in [0.3, 0.4) is 0 Å². The van der Waals surface area contributed by atoms with Gasteiger partial charge < -0.3 is 5.73 Å². The fourth-order valence-corrected chi connectivity index (χ4v) is 1.69. The van der Waals surface area contributed by atoms with Crippen LogP contribution in [-0.4, -0.2) is 9.97 Å². The van der Waals surface area contributed by atoms with Gasteiger partial charge in [-0.05, 0) is 31.0 Å². The molecule has 1 atom stereocenters. The molecule has 0 aliphatic rings. The standard InChI is InChI=1S/C13H14FN3/c1-9-16-7-6-13(17-9)12(15)8-10-4-2-3-5-11(10)14/h2-7,12H,8,15H2,1H3.